The van der Waals surface area contributed by atoms with Crippen LogP contribution in [-0.4, -0.2) is 32.7 Å². The van der Waals surface area contributed by atoms with E-state index in [4.69, 9.17) is 10.5 Å². The first-order valence-corrected chi connectivity index (χ1v) is 3.65. The summed E-state index contributed by atoms with van der Waals surface area (Å²) in [4.78, 5) is 10.4. The molecule has 0 fully saturated rings. The van der Waals surface area contributed by atoms with Crippen molar-refractivity contribution in [2.75, 3.05) is 20.8 Å². The molecule has 66 valence electrons. The van der Waals surface area contributed by atoms with E-state index in [1.54, 1.807) is 7.11 Å². The molecule has 1 unspecified atom stereocenters. The average Bonchev–Trinajstić information content (AvgIpc) is 1.97. The lowest BCUT2D eigenvalue weighted by Gasteiger charge is -2.13. The van der Waals surface area contributed by atoms with Crippen molar-refractivity contribution in [3.8, 4) is 0 Å². The molecule has 0 aliphatic carbocycles. The standard InChI is InChI=1S/C7H16N2O2/c1-9-6(5-11-2)3-4-7(8)10/h6,9H,3-5H2,1-2H3,(H2,8,10). The molecule has 4 nitrogen and oxygen atoms in total. The van der Waals surface area contributed by atoms with E-state index in [1.807, 2.05) is 7.05 Å². The highest BCUT2D eigenvalue weighted by Crippen LogP contribution is 1.95. The van der Waals surface area contributed by atoms with Crippen LogP contribution in [0, 0.1) is 0 Å². The molecule has 0 aliphatic rings. The SMILES string of the molecule is CNC(CCC(N)=O)COC. The third kappa shape index (κ3) is 5.82. The van der Waals surface area contributed by atoms with Crippen molar-refractivity contribution in [2.45, 2.75) is 18.9 Å². The van der Waals surface area contributed by atoms with Gasteiger partial charge in [-0.1, -0.05) is 0 Å². The number of hydrogen-bond acceptors (Lipinski definition) is 3. The minimum atomic E-state index is -0.263. The van der Waals surface area contributed by atoms with Gasteiger partial charge in [0.15, 0.2) is 0 Å². The molecule has 3 N–H and O–H groups in total. The molecular weight excluding hydrogens is 144 g/mol. The van der Waals surface area contributed by atoms with Crippen LogP contribution in [0.1, 0.15) is 12.8 Å². The van der Waals surface area contributed by atoms with Gasteiger partial charge in [0.25, 0.3) is 0 Å². The van der Waals surface area contributed by atoms with Gasteiger partial charge in [-0.15, -0.1) is 0 Å². The largest absolute Gasteiger partial charge is 0.383 e. The normalized spacial score (nSPS) is 12.9. The molecule has 0 saturated carbocycles. The van der Waals surface area contributed by atoms with Gasteiger partial charge in [0.1, 0.15) is 0 Å². The van der Waals surface area contributed by atoms with Crippen molar-refractivity contribution >= 4 is 5.91 Å². The highest BCUT2D eigenvalue weighted by Gasteiger charge is 2.06. The van der Waals surface area contributed by atoms with Gasteiger partial charge >= 0.3 is 0 Å². The second-order valence-corrected chi connectivity index (χ2v) is 2.45. The number of likely N-dealkylation sites (N-methyl/N-ethyl adjacent to an activating group) is 1. The summed E-state index contributed by atoms with van der Waals surface area (Å²) in [6, 6.07) is 0.229. The van der Waals surface area contributed by atoms with E-state index < -0.39 is 0 Å². The van der Waals surface area contributed by atoms with Gasteiger partial charge in [-0.05, 0) is 13.5 Å². The highest BCUT2D eigenvalue weighted by atomic mass is 16.5. The Balaban J connectivity index is 3.43. The van der Waals surface area contributed by atoms with Crippen LogP contribution in [-0.2, 0) is 9.53 Å². The third-order valence-corrected chi connectivity index (χ3v) is 1.52. The fourth-order valence-corrected chi connectivity index (χ4v) is 0.829. The Hall–Kier alpha value is -0.610. The van der Waals surface area contributed by atoms with E-state index in [0.717, 1.165) is 6.42 Å². The molecule has 0 radical (unpaired) electrons. The summed E-state index contributed by atoms with van der Waals surface area (Å²) in [6.45, 7) is 0.615. The summed E-state index contributed by atoms with van der Waals surface area (Å²) in [5, 5.41) is 3.03. The molecule has 0 aromatic carbocycles. The van der Waals surface area contributed by atoms with Crippen LogP contribution in [0.25, 0.3) is 0 Å². The number of rotatable bonds is 6. The minimum absolute atomic E-state index is 0.229. The molecule has 0 bridgehead atoms. The van der Waals surface area contributed by atoms with Crippen molar-refractivity contribution in [1.29, 1.82) is 0 Å². The number of primary amides is 1. The van der Waals surface area contributed by atoms with Crippen LogP contribution in [0.15, 0.2) is 0 Å². The maximum absolute atomic E-state index is 10.4. The number of carbonyl (C=O) groups excluding carboxylic acids is 1. The second kappa shape index (κ2) is 6.12. The van der Waals surface area contributed by atoms with Gasteiger partial charge in [-0.25, -0.2) is 0 Å². The number of ether oxygens (including phenoxy) is 1. The first kappa shape index (κ1) is 10.4. The number of hydrogen-bond donors (Lipinski definition) is 2. The molecule has 0 rings (SSSR count). The molecule has 0 aromatic heterocycles. The number of carbonyl (C=O) groups is 1. The van der Waals surface area contributed by atoms with Gasteiger partial charge < -0.3 is 15.8 Å². The maximum Gasteiger partial charge on any atom is 0.217 e. The zero-order valence-corrected chi connectivity index (χ0v) is 7.09. The topological polar surface area (TPSA) is 64.3 Å². The smallest absolute Gasteiger partial charge is 0.217 e. The zero-order chi connectivity index (χ0) is 8.69. The predicted octanol–water partition coefficient (Wildman–Crippen LogP) is -0.514. The molecule has 4 heteroatoms. The van der Waals surface area contributed by atoms with Gasteiger partial charge in [0.05, 0.1) is 6.61 Å². The summed E-state index contributed by atoms with van der Waals surface area (Å²) >= 11 is 0. The fraction of sp³-hybridized carbons (Fsp3) is 0.857. The fourth-order valence-electron chi connectivity index (χ4n) is 0.829. The Labute approximate surface area is 67.1 Å². The summed E-state index contributed by atoms with van der Waals surface area (Å²) < 4.78 is 4.91. The number of nitrogens with two attached hydrogens (primary N) is 1. The minimum Gasteiger partial charge on any atom is -0.383 e. The number of methoxy groups -OCH3 is 1. The van der Waals surface area contributed by atoms with Crippen molar-refractivity contribution in [1.82, 2.24) is 5.32 Å². The van der Waals surface area contributed by atoms with E-state index in [1.165, 1.54) is 0 Å². The zero-order valence-electron chi connectivity index (χ0n) is 7.09. The summed E-state index contributed by atoms with van der Waals surface area (Å²) in [6.07, 6.45) is 1.15. The van der Waals surface area contributed by atoms with Crippen molar-refractivity contribution in [2.24, 2.45) is 5.73 Å². The van der Waals surface area contributed by atoms with Gasteiger partial charge in [0, 0.05) is 19.6 Å². The van der Waals surface area contributed by atoms with E-state index in [-0.39, 0.29) is 11.9 Å². The van der Waals surface area contributed by atoms with Crippen molar-refractivity contribution < 1.29 is 9.53 Å². The molecule has 1 amide bonds. The summed E-state index contributed by atoms with van der Waals surface area (Å²) in [5.74, 6) is -0.263. The number of amides is 1. The van der Waals surface area contributed by atoms with Crippen LogP contribution < -0.4 is 11.1 Å². The van der Waals surface area contributed by atoms with Gasteiger partial charge in [0.2, 0.25) is 5.91 Å². The van der Waals surface area contributed by atoms with E-state index in [0.29, 0.717) is 13.0 Å². The molecule has 0 aromatic rings. The predicted molar refractivity (Wildman–Crippen MR) is 43.2 cm³/mol. The summed E-state index contributed by atoms with van der Waals surface area (Å²) in [5.41, 5.74) is 4.98. The lowest BCUT2D eigenvalue weighted by molar-refractivity contribution is -0.118. The van der Waals surface area contributed by atoms with E-state index >= 15 is 0 Å². The Morgan fingerprint density at radius 3 is 2.73 bits per heavy atom. The molecule has 1 atom stereocenters. The number of nitrogens with one attached hydrogen (secondary N) is 1. The molecule has 0 heterocycles. The molecule has 0 aliphatic heterocycles. The van der Waals surface area contributed by atoms with Crippen molar-refractivity contribution in [3.05, 3.63) is 0 Å². The monoisotopic (exact) mass is 160 g/mol. The lowest BCUT2D eigenvalue weighted by atomic mass is 10.1. The van der Waals surface area contributed by atoms with Gasteiger partial charge in [-0.3, -0.25) is 4.79 Å². The molecular formula is C7H16N2O2. The van der Waals surface area contributed by atoms with E-state index in [2.05, 4.69) is 5.32 Å². The quantitative estimate of drug-likeness (QED) is 0.550. The first-order chi connectivity index (χ1) is 5.20. The molecule has 11 heavy (non-hydrogen) atoms. The molecule has 0 spiro atoms. The van der Waals surface area contributed by atoms with Crippen LogP contribution in [0.3, 0.4) is 0 Å². The van der Waals surface area contributed by atoms with Crippen molar-refractivity contribution in [3.63, 3.8) is 0 Å². The average molecular weight is 160 g/mol. The highest BCUT2D eigenvalue weighted by molar-refractivity contribution is 5.73. The maximum atomic E-state index is 10.4. The van der Waals surface area contributed by atoms with E-state index in [9.17, 15) is 4.79 Å². The van der Waals surface area contributed by atoms with Gasteiger partial charge in [-0.2, -0.15) is 0 Å². The Morgan fingerprint density at radius 2 is 2.36 bits per heavy atom. The Bertz CT molecular complexity index is 117. The second-order valence-electron chi connectivity index (χ2n) is 2.45. The van der Waals surface area contributed by atoms with Crippen LogP contribution in [0.2, 0.25) is 0 Å². The summed E-state index contributed by atoms with van der Waals surface area (Å²) in [7, 11) is 3.47. The molecule has 0 saturated heterocycles. The Morgan fingerprint density at radius 1 is 1.73 bits per heavy atom. The third-order valence-electron chi connectivity index (χ3n) is 1.52. The Kier molecular flexibility index (Phi) is 5.78. The lowest BCUT2D eigenvalue weighted by Crippen LogP contribution is -2.31. The van der Waals surface area contributed by atoms with Crippen LogP contribution >= 0.6 is 0 Å². The van der Waals surface area contributed by atoms with Crippen LogP contribution in [0.5, 0.6) is 0 Å². The van der Waals surface area contributed by atoms with Crippen LogP contribution in [0.4, 0.5) is 0 Å². The first-order valence-electron chi connectivity index (χ1n) is 3.65.